The van der Waals surface area contributed by atoms with Gasteiger partial charge in [-0.15, -0.1) is 0 Å². The van der Waals surface area contributed by atoms with Gasteiger partial charge in [0, 0.05) is 12.6 Å². The van der Waals surface area contributed by atoms with Crippen molar-refractivity contribution < 1.29 is 4.39 Å². The zero-order valence-electron chi connectivity index (χ0n) is 16.4. The van der Waals surface area contributed by atoms with Gasteiger partial charge in [-0.05, 0) is 42.3 Å². The Morgan fingerprint density at radius 3 is 2.41 bits per heavy atom. The van der Waals surface area contributed by atoms with Crippen molar-refractivity contribution in [2.45, 2.75) is 26.2 Å². The quantitative estimate of drug-likeness (QED) is 0.483. The standard InChI is InChI=1S/C24H23FN4/c1-18(20-11-13-21(25)14-12-20)28-16-27(15-19-7-3-2-4-8-19)24-26-22-9-5-6-10-23(22)29(24)17-28/h2-14,18H,15-17H2,1H3. The minimum Gasteiger partial charge on any atom is -0.325 e. The number of fused-ring (bicyclic) bond motifs is 3. The second kappa shape index (κ2) is 7.33. The molecule has 0 bridgehead atoms. The Bertz CT molecular complexity index is 1120. The van der Waals surface area contributed by atoms with E-state index in [4.69, 9.17) is 4.98 Å². The van der Waals surface area contributed by atoms with Gasteiger partial charge in [0.1, 0.15) is 5.82 Å². The van der Waals surface area contributed by atoms with E-state index in [1.54, 1.807) is 0 Å². The highest BCUT2D eigenvalue weighted by Gasteiger charge is 2.29. The molecule has 1 unspecified atom stereocenters. The first kappa shape index (κ1) is 17.9. The third-order valence-electron chi connectivity index (χ3n) is 5.71. The predicted molar refractivity (Wildman–Crippen MR) is 114 cm³/mol. The summed E-state index contributed by atoms with van der Waals surface area (Å²) in [6.07, 6.45) is 0. The molecule has 4 nitrogen and oxygen atoms in total. The smallest absolute Gasteiger partial charge is 0.209 e. The summed E-state index contributed by atoms with van der Waals surface area (Å²) in [4.78, 5) is 9.64. The summed E-state index contributed by atoms with van der Waals surface area (Å²) in [5, 5.41) is 0. The fraction of sp³-hybridized carbons (Fsp3) is 0.208. The lowest BCUT2D eigenvalue weighted by atomic mass is 10.1. The lowest BCUT2D eigenvalue weighted by Crippen LogP contribution is -2.45. The molecule has 0 N–H and O–H groups in total. The molecule has 1 aliphatic rings. The maximum atomic E-state index is 13.4. The molecule has 0 aliphatic carbocycles. The van der Waals surface area contributed by atoms with E-state index in [9.17, 15) is 4.39 Å². The number of nitrogens with zero attached hydrogens (tertiary/aromatic N) is 4. The highest BCUT2D eigenvalue weighted by atomic mass is 19.1. The Balaban J connectivity index is 1.53. The number of anilines is 1. The Kier molecular flexibility index (Phi) is 4.52. The van der Waals surface area contributed by atoms with Crippen molar-refractivity contribution in [3.63, 3.8) is 0 Å². The van der Waals surface area contributed by atoms with Crippen LogP contribution in [0.1, 0.15) is 24.1 Å². The molecule has 0 saturated heterocycles. The van der Waals surface area contributed by atoms with Gasteiger partial charge in [0.25, 0.3) is 0 Å². The molecule has 0 fully saturated rings. The molecule has 0 amide bonds. The summed E-state index contributed by atoms with van der Waals surface area (Å²) in [5.74, 6) is 0.797. The van der Waals surface area contributed by atoms with Crippen molar-refractivity contribution in [2.24, 2.45) is 0 Å². The van der Waals surface area contributed by atoms with Crippen LogP contribution in [0.15, 0.2) is 78.9 Å². The van der Waals surface area contributed by atoms with Crippen molar-refractivity contribution >= 4 is 17.0 Å². The number of rotatable bonds is 4. The third kappa shape index (κ3) is 3.38. The molecule has 1 aliphatic heterocycles. The van der Waals surface area contributed by atoms with Crippen molar-refractivity contribution in [2.75, 3.05) is 11.6 Å². The molecule has 2 heterocycles. The molecule has 0 spiro atoms. The summed E-state index contributed by atoms with van der Waals surface area (Å²) >= 11 is 0. The number of para-hydroxylation sites is 2. The maximum absolute atomic E-state index is 13.4. The average Bonchev–Trinajstić information content (AvgIpc) is 3.14. The molecule has 1 atom stereocenters. The van der Waals surface area contributed by atoms with Crippen LogP contribution in [0.2, 0.25) is 0 Å². The number of aromatic nitrogens is 2. The fourth-order valence-corrected chi connectivity index (χ4v) is 4.07. The SMILES string of the molecule is CC(c1ccc(F)cc1)N1CN(Cc2ccccc2)c2nc3ccccc3n2C1. The van der Waals surface area contributed by atoms with E-state index in [0.29, 0.717) is 0 Å². The van der Waals surface area contributed by atoms with Crippen LogP contribution >= 0.6 is 0 Å². The summed E-state index contributed by atoms with van der Waals surface area (Å²) in [6, 6.07) is 25.7. The monoisotopic (exact) mass is 386 g/mol. The third-order valence-corrected chi connectivity index (χ3v) is 5.71. The number of hydrogen-bond donors (Lipinski definition) is 0. The Morgan fingerprint density at radius 2 is 1.62 bits per heavy atom. The number of imidazole rings is 1. The van der Waals surface area contributed by atoms with E-state index in [0.717, 1.165) is 42.4 Å². The topological polar surface area (TPSA) is 24.3 Å². The Hall–Kier alpha value is -3.18. The summed E-state index contributed by atoms with van der Waals surface area (Å²) in [7, 11) is 0. The van der Waals surface area contributed by atoms with Crippen LogP contribution in [0.3, 0.4) is 0 Å². The van der Waals surface area contributed by atoms with Crippen molar-refractivity contribution in [3.8, 4) is 0 Å². The number of benzene rings is 3. The largest absolute Gasteiger partial charge is 0.325 e. The molecule has 4 aromatic rings. The maximum Gasteiger partial charge on any atom is 0.209 e. The van der Waals surface area contributed by atoms with Gasteiger partial charge in [-0.2, -0.15) is 0 Å². The second-order valence-electron chi connectivity index (χ2n) is 7.61. The van der Waals surface area contributed by atoms with E-state index in [1.807, 2.05) is 24.3 Å². The van der Waals surface area contributed by atoms with Crippen LogP contribution in [0.25, 0.3) is 11.0 Å². The summed E-state index contributed by atoms with van der Waals surface area (Å²) < 4.78 is 15.7. The molecule has 5 rings (SSSR count). The second-order valence-corrected chi connectivity index (χ2v) is 7.61. The van der Waals surface area contributed by atoms with Gasteiger partial charge in [-0.3, -0.25) is 9.47 Å². The Morgan fingerprint density at radius 1 is 0.897 bits per heavy atom. The molecule has 1 aromatic heterocycles. The van der Waals surface area contributed by atoms with Gasteiger partial charge in [0.05, 0.1) is 24.4 Å². The van der Waals surface area contributed by atoms with E-state index < -0.39 is 0 Å². The van der Waals surface area contributed by atoms with Crippen LogP contribution in [0.4, 0.5) is 10.3 Å². The molecule has 3 aromatic carbocycles. The minimum absolute atomic E-state index is 0.156. The zero-order valence-corrected chi connectivity index (χ0v) is 16.4. The molecular weight excluding hydrogens is 363 g/mol. The van der Waals surface area contributed by atoms with E-state index in [-0.39, 0.29) is 11.9 Å². The first-order valence-electron chi connectivity index (χ1n) is 9.93. The normalized spacial score (nSPS) is 15.4. The van der Waals surface area contributed by atoms with Gasteiger partial charge in [0.15, 0.2) is 0 Å². The molecular formula is C24H23FN4. The summed E-state index contributed by atoms with van der Waals surface area (Å²) in [5.41, 5.74) is 4.51. The Labute approximate surface area is 169 Å². The minimum atomic E-state index is -0.201. The number of hydrogen-bond acceptors (Lipinski definition) is 3. The van der Waals surface area contributed by atoms with Crippen LogP contribution in [-0.2, 0) is 13.2 Å². The average molecular weight is 386 g/mol. The predicted octanol–water partition coefficient (Wildman–Crippen LogP) is 5.17. The van der Waals surface area contributed by atoms with Crippen LogP contribution in [0, 0.1) is 5.82 Å². The molecule has 146 valence electrons. The van der Waals surface area contributed by atoms with Crippen LogP contribution in [0.5, 0.6) is 0 Å². The lowest BCUT2D eigenvalue weighted by Gasteiger charge is -2.40. The van der Waals surface area contributed by atoms with Crippen molar-refractivity contribution in [1.82, 2.24) is 14.5 Å². The molecule has 0 radical (unpaired) electrons. The first-order valence-corrected chi connectivity index (χ1v) is 9.93. The van der Waals surface area contributed by atoms with E-state index in [2.05, 4.69) is 63.8 Å². The van der Waals surface area contributed by atoms with Crippen LogP contribution in [-0.4, -0.2) is 21.1 Å². The van der Waals surface area contributed by atoms with Crippen molar-refractivity contribution in [1.29, 1.82) is 0 Å². The highest BCUT2D eigenvalue weighted by Crippen LogP contribution is 2.32. The van der Waals surface area contributed by atoms with Gasteiger partial charge < -0.3 is 4.90 Å². The summed E-state index contributed by atoms with van der Waals surface area (Å²) in [6.45, 7) is 4.48. The van der Waals surface area contributed by atoms with E-state index in [1.165, 1.54) is 17.7 Å². The van der Waals surface area contributed by atoms with Crippen molar-refractivity contribution in [3.05, 3.63) is 95.8 Å². The molecule has 29 heavy (non-hydrogen) atoms. The zero-order chi connectivity index (χ0) is 19.8. The van der Waals surface area contributed by atoms with Gasteiger partial charge in [0.2, 0.25) is 5.95 Å². The first-order chi connectivity index (χ1) is 14.2. The lowest BCUT2D eigenvalue weighted by molar-refractivity contribution is 0.146. The fourth-order valence-electron chi connectivity index (χ4n) is 4.07. The van der Waals surface area contributed by atoms with Crippen LogP contribution < -0.4 is 4.90 Å². The van der Waals surface area contributed by atoms with E-state index >= 15 is 0 Å². The number of halogens is 1. The van der Waals surface area contributed by atoms with Gasteiger partial charge in [-0.1, -0.05) is 54.6 Å². The molecule has 0 saturated carbocycles. The van der Waals surface area contributed by atoms with Gasteiger partial charge in [-0.25, -0.2) is 9.37 Å². The molecule has 5 heteroatoms. The highest BCUT2D eigenvalue weighted by molar-refractivity contribution is 5.79. The van der Waals surface area contributed by atoms with Gasteiger partial charge >= 0.3 is 0 Å².